The topological polar surface area (TPSA) is 101 Å². The second kappa shape index (κ2) is 10.9. The van der Waals surface area contributed by atoms with E-state index in [1.165, 1.54) is 22.9 Å². The van der Waals surface area contributed by atoms with Crippen LogP contribution in [0.5, 0.6) is 0 Å². The van der Waals surface area contributed by atoms with Crippen molar-refractivity contribution < 1.29 is 15.0 Å². The molecule has 0 aliphatic heterocycles. The highest BCUT2D eigenvalue weighted by Gasteiger charge is 2.52. The van der Waals surface area contributed by atoms with Crippen LogP contribution in [0.4, 0.5) is 0 Å². The number of pyridine rings is 2. The lowest BCUT2D eigenvalue weighted by Crippen LogP contribution is -2.49. The fourth-order valence-corrected chi connectivity index (χ4v) is 8.41. The van der Waals surface area contributed by atoms with E-state index in [4.69, 9.17) is 5.10 Å². The molecule has 0 bridgehead atoms. The number of hydrogen-bond acceptors (Lipinski definition) is 7. The zero-order valence-corrected chi connectivity index (χ0v) is 24.1. The monoisotopic (exact) mass is 558 g/mol. The van der Waals surface area contributed by atoms with Crippen molar-refractivity contribution in [3.8, 4) is 5.82 Å². The third-order valence-electron chi connectivity index (χ3n) is 9.82. The maximum absolute atomic E-state index is 13.3. The summed E-state index contributed by atoms with van der Waals surface area (Å²) >= 11 is 1.36. The number of carbonyl (C=O) groups is 1. The molecule has 40 heavy (non-hydrogen) atoms. The molecular formula is C32H38N4O3S. The van der Waals surface area contributed by atoms with E-state index in [1.54, 1.807) is 12.4 Å². The molecule has 2 fully saturated rings. The molecule has 0 aromatic carbocycles. The highest BCUT2D eigenvalue weighted by atomic mass is 32.2. The molecular weight excluding hydrogens is 520 g/mol. The van der Waals surface area contributed by atoms with Crippen LogP contribution < -0.4 is 0 Å². The maximum atomic E-state index is 13.3. The molecule has 6 unspecified atom stereocenters. The lowest BCUT2D eigenvalue weighted by atomic mass is 9.52. The zero-order chi connectivity index (χ0) is 27.9. The van der Waals surface area contributed by atoms with E-state index in [1.807, 2.05) is 47.3 Å². The van der Waals surface area contributed by atoms with Gasteiger partial charge in [0.15, 0.2) is 11.6 Å². The van der Waals surface area contributed by atoms with Gasteiger partial charge in [-0.15, -0.1) is 0 Å². The van der Waals surface area contributed by atoms with Crippen LogP contribution in [0.1, 0.15) is 63.6 Å². The normalized spacial score (nSPS) is 31.9. The van der Waals surface area contributed by atoms with Crippen LogP contribution in [-0.4, -0.2) is 53.2 Å². The molecule has 6 atom stereocenters. The van der Waals surface area contributed by atoms with Crippen LogP contribution >= 0.6 is 11.8 Å². The number of thioether (sulfide) groups is 1. The molecule has 3 heterocycles. The van der Waals surface area contributed by atoms with Crippen molar-refractivity contribution in [2.45, 2.75) is 75.5 Å². The third kappa shape index (κ3) is 4.95. The van der Waals surface area contributed by atoms with Gasteiger partial charge in [0.05, 0.1) is 28.8 Å². The third-order valence-corrected chi connectivity index (χ3v) is 10.8. The van der Waals surface area contributed by atoms with Crippen molar-refractivity contribution >= 4 is 23.6 Å². The standard InChI is InChI=1S/C32H38N4O3S/c1-21-11-13-32(39,27(38)20-40-29-8-4-6-16-34-29)14-12-26(37)30-24(21)10-9-23-17-25-22(18-31(23,30)2)19-35-36(25)28-7-3-5-15-33-28/h3-8,15-17,19,21,24,26,30,37,39H,9-14,18,20H2,1-2H3. The first-order valence-electron chi connectivity index (χ1n) is 14.5. The number of hydrogen-bond donors (Lipinski definition) is 2. The minimum atomic E-state index is -1.42. The van der Waals surface area contributed by atoms with Crippen LogP contribution in [-0.2, 0) is 11.2 Å². The van der Waals surface area contributed by atoms with Gasteiger partial charge in [0.25, 0.3) is 0 Å². The molecule has 0 saturated heterocycles. The fraction of sp³-hybridized carbons (Fsp3) is 0.500. The first-order chi connectivity index (χ1) is 19.3. The maximum Gasteiger partial charge on any atom is 0.174 e. The van der Waals surface area contributed by atoms with Crippen molar-refractivity contribution in [3.63, 3.8) is 0 Å². The number of rotatable bonds is 5. The number of fused-ring (bicyclic) bond motifs is 4. The molecule has 0 radical (unpaired) electrons. The summed E-state index contributed by atoms with van der Waals surface area (Å²) in [6.07, 6.45) is 11.8. The van der Waals surface area contributed by atoms with Gasteiger partial charge in [0.2, 0.25) is 0 Å². The van der Waals surface area contributed by atoms with E-state index in [0.717, 1.165) is 42.2 Å². The second-order valence-electron chi connectivity index (χ2n) is 12.2. The Kier molecular flexibility index (Phi) is 7.44. The average Bonchev–Trinajstić information content (AvgIpc) is 3.39. The molecule has 8 heteroatoms. The van der Waals surface area contributed by atoms with Crippen LogP contribution in [0, 0.1) is 23.2 Å². The first kappa shape index (κ1) is 27.4. The minimum Gasteiger partial charge on any atom is -0.393 e. The summed E-state index contributed by atoms with van der Waals surface area (Å²) in [4.78, 5) is 22.1. The number of aliphatic hydroxyl groups excluding tert-OH is 1. The predicted molar refractivity (Wildman–Crippen MR) is 156 cm³/mol. The van der Waals surface area contributed by atoms with E-state index in [-0.39, 0.29) is 35.2 Å². The number of nitrogens with zero attached hydrogens (tertiary/aromatic N) is 4. The molecule has 3 aromatic rings. The molecule has 3 aliphatic carbocycles. The molecule has 0 spiro atoms. The Labute approximate surface area is 240 Å². The molecule has 3 aromatic heterocycles. The van der Waals surface area contributed by atoms with Crippen LogP contribution in [0.25, 0.3) is 11.9 Å². The molecule has 6 rings (SSSR count). The summed E-state index contributed by atoms with van der Waals surface area (Å²) in [5, 5.41) is 28.9. The number of carbonyl (C=O) groups excluding carboxylic acids is 1. The van der Waals surface area contributed by atoms with Gasteiger partial charge in [0, 0.05) is 12.4 Å². The lowest BCUT2D eigenvalue weighted by Gasteiger charge is -2.53. The summed E-state index contributed by atoms with van der Waals surface area (Å²) in [6, 6.07) is 11.5. The summed E-state index contributed by atoms with van der Waals surface area (Å²) < 4.78 is 1.92. The molecule has 210 valence electrons. The highest BCUT2D eigenvalue weighted by Crippen LogP contribution is 2.57. The Hall–Kier alpha value is -2.81. The Morgan fingerprint density at radius 1 is 1.10 bits per heavy atom. The number of allylic oxidation sites excluding steroid dienone is 1. The van der Waals surface area contributed by atoms with E-state index in [2.05, 4.69) is 29.9 Å². The van der Waals surface area contributed by atoms with Crippen molar-refractivity contribution in [1.29, 1.82) is 0 Å². The van der Waals surface area contributed by atoms with E-state index in [9.17, 15) is 15.0 Å². The van der Waals surface area contributed by atoms with Gasteiger partial charge in [0.1, 0.15) is 5.60 Å². The average molecular weight is 559 g/mol. The molecule has 0 amide bonds. The van der Waals surface area contributed by atoms with Crippen LogP contribution in [0.3, 0.4) is 0 Å². The quantitative estimate of drug-likeness (QED) is 0.410. The summed E-state index contributed by atoms with van der Waals surface area (Å²) in [5.41, 5.74) is 2.00. The Morgan fingerprint density at radius 2 is 1.88 bits per heavy atom. The number of aliphatic hydroxyl groups is 2. The van der Waals surface area contributed by atoms with E-state index >= 15 is 0 Å². The van der Waals surface area contributed by atoms with Crippen molar-refractivity contribution in [2.75, 3.05) is 5.75 Å². The van der Waals surface area contributed by atoms with Crippen molar-refractivity contribution in [1.82, 2.24) is 19.7 Å². The molecule has 2 saturated carbocycles. The van der Waals surface area contributed by atoms with Gasteiger partial charge in [-0.25, -0.2) is 14.6 Å². The van der Waals surface area contributed by atoms with Crippen molar-refractivity contribution in [2.24, 2.45) is 23.2 Å². The van der Waals surface area contributed by atoms with Gasteiger partial charge < -0.3 is 10.2 Å². The van der Waals surface area contributed by atoms with Crippen LogP contribution in [0.15, 0.2) is 65.6 Å². The highest BCUT2D eigenvalue weighted by molar-refractivity contribution is 7.99. The predicted octanol–water partition coefficient (Wildman–Crippen LogP) is 5.30. The SMILES string of the molecule is CC1CCC(O)(C(=O)CSc2ccccn2)CCC(O)C2C1CCC1=Cc3c(cnn3-c3ccccn3)CC12C. The largest absolute Gasteiger partial charge is 0.393 e. The second-order valence-corrected chi connectivity index (χ2v) is 13.2. The number of aromatic nitrogens is 4. The molecule has 2 N–H and O–H groups in total. The van der Waals surface area contributed by atoms with Gasteiger partial charge in [-0.3, -0.25) is 4.79 Å². The number of Topliss-reactive ketones (excluding diaryl/α,β-unsaturated/α-hetero) is 1. The molecule has 7 nitrogen and oxygen atoms in total. The fourth-order valence-electron chi connectivity index (χ4n) is 7.55. The van der Waals surface area contributed by atoms with E-state index < -0.39 is 11.7 Å². The van der Waals surface area contributed by atoms with Gasteiger partial charge in [-0.1, -0.05) is 43.3 Å². The van der Waals surface area contributed by atoms with Crippen molar-refractivity contribution in [3.05, 3.63) is 71.8 Å². The van der Waals surface area contributed by atoms with Gasteiger partial charge in [-0.2, -0.15) is 5.10 Å². The number of ketones is 1. The smallest absolute Gasteiger partial charge is 0.174 e. The minimum absolute atomic E-state index is 0.0502. The van der Waals surface area contributed by atoms with Gasteiger partial charge >= 0.3 is 0 Å². The summed E-state index contributed by atoms with van der Waals surface area (Å²) in [6.45, 7) is 4.56. The lowest BCUT2D eigenvalue weighted by molar-refractivity contribution is -0.137. The summed E-state index contributed by atoms with van der Waals surface area (Å²) in [5.74, 6) is 1.48. The molecule has 3 aliphatic rings. The summed E-state index contributed by atoms with van der Waals surface area (Å²) in [7, 11) is 0. The first-order valence-corrected chi connectivity index (χ1v) is 15.4. The zero-order valence-electron chi connectivity index (χ0n) is 23.2. The Balaban J connectivity index is 1.25. The van der Waals surface area contributed by atoms with Crippen LogP contribution in [0.2, 0.25) is 0 Å². The Morgan fingerprint density at radius 3 is 2.62 bits per heavy atom. The Bertz CT molecular complexity index is 1390. The van der Waals surface area contributed by atoms with E-state index in [0.29, 0.717) is 18.8 Å². The van der Waals surface area contributed by atoms with Gasteiger partial charge in [-0.05, 0) is 104 Å².